The Hall–Kier alpha value is -0.840. The van der Waals surface area contributed by atoms with Crippen molar-refractivity contribution < 1.29 is 9.90 Å². The molecule has 0 rings (SSSR count). The van der Waals surface area contributed by atoms with Crippen molar-refractivity contribution in [1.82, 2.24) is 5.32 Å². The molecule has 0 bridgehead atoms. The van der Waals surface area contributed by atoms with Gasteiger partial charge in [-0.3, -0.25) is 4.79 Å². The van der Waals surface area contributed by atoms with Gasteiger partial charge < -0.3 is 16.2 Å². The van der Waals surface area contributed by atoms with Crippen LogP contribution in [0, 0.1) is 0 Å². The van der Waals surface area contributed by atoms with E-state index in [1.165, 1.54) is 0 Å². The van der Waals surface area contributed by atoms with E-state index >= 15 is 0 Å². The molecule has 0 aromatic heterocycles. The Morgan fingerprint density at radius 3 is 2.70 bits per heavy atom. The minimum Gasteiger partial charge on any atom is -0.481 e. The second kappa shape index (κ2) is 4.99. The van der Waals surface area contributed by atoms with E-state index in [1.807, 2.05) is 0 Å². The second-order valence-corrected chi connectivity index (χ2v) is 2.23. The lowest BCUT2D eigenvalue weighted by atomic mass is 10.3. The van der Waals surface area contributed by atoms with Gasteiger partial charge in [-0.05, 0) is 18.6 Å². The van der Waals surface area contributed by atoms with Crippen LogP contribution in [0.25, 0.3) is 0 Å². The zero-order valence-electron chi connectivity index (χ0n) is 5.46. The molecule has 0 unspecified atom stereocenters. The predicted molar refractivity (Wildman–Crippen MR) is 41.7 cm³/mol. The third kappa shape index (κ3) is 7.16. The summed E-state index contributed by atoms with van der Waals surface area (Å²) in [7, 11) is 0. The highest BCUT2D eigenvalue weighted by Gasteiger charge is 1.94. The van der Waals surface area contributed by atoms with Crippen LogP contribution in [0.15, 0.2) is 0 Å². The van der Waals surface area contributed by atoms with Crippen LogP contribution in [0.1, 0.15) is 12.8 Å². The largest absolute Gasteiger partial charge is 0.481 e. The molecule has 5 heteroatoms. The quantitative estimate of drug-likeness (QED) is 0.390. The molecule has 4 nitrogen and oxygen atoms in total. The van der Waals surface area contributed by atoms with Gasteiger partial charge >= 0.3 is 5.97 Å². The molecule has 10 heavy (non-hydrogen) atoms. The summed E-state index contributed by atoms with van der Waals surface area (Å²) in [4.78, 5) is 9.95. The maximum Gasteiger partial charge on any atom is 0.303 e. The average molecular weight is 162 g/mol. The number of hydrogen-bond donors (Lipinski definition) is 3. The van der Waals surface area contributed by atoms with Gasteiger partial charge in [0.15, 0.2) is 5.11 Å². The summed E-state index contributed by atoms with van der Waals surface area (Å²) in [5.41, 5.74) is 5.08. The number of nitrogens with two attached hydrogens (primary N) is 1. The molecule has 0 aliphatic carbocycles. The monoisotopic (exact) mass is 162 g/mol. The van der Waals surface area contributed by atoms with Gasteiger partial charge in [0.05, 0.1) is 0 Å². The van der Waals surface area contributed by atoms with Crippen LogP contribution in [-0.2, 0) is 4.79 Å². The molecule has 0 aromatic carbocycles. The van der Waals surface area contributed by atoms with Crippen molar-refractivity contribution in [3.05, 3.63) is 0 Å². The molecule has 4 N–H and O–H groups in total. The zero-order valence-corrected chi connectivity index (χ0v) is 6.28. The molecule has 0 atom stereocenters. The van der Waals surface area contributed by atoms with E-state index in [0.717, 1.165) is 0 Å². The van der Waals surface area contributed by atoms with Crippen LogP contribution in [0.5, 0.6) is 0 Å². The van der Waals surface area contributed by atoms with Gasteiger partial charge in [0.1, 0.15) is 0 Å². The number of carboxylic acids is 1. The van der Waals surface area contributed by atoms with Crippen molar-refractivity contribution in [1.29, 1.82) is 0 Å². The Kier molecular flexibility index (Phi) is 4.57. The molecule has 0 heterocycles. The minimum absolute atomic E-state index is 0.148. The fourth-order valence-electron chi connectivity index (χ4n) is 0.451. The molecule has 0 saturated heterocycles. The first-order chi connectivity index (χ1) is 4.63. The molecule has 58 valence electrons. The SMILES string of the molecule is NC(=S)NCCCC(=O)O. The molecule has 0 fully saturated rings. The van der Waals surface area contributed by atoms with Crippen molar-refractivity contribution in [2.75, 3.05) is 6.54 Å². The van der Waals surface area contributed by atoms with Gasteiger partial charge in [-0.1, -0.05) is 0 Å². The Labute approximate surface area is 64.4 Å². The van der Waals surface area contributed by atoms with E-state index in [-0.39, 0.29) is 11.5 Å². The lowest BCUT2D eigenvalue weighted by Crippen LogP contribution is -2.29. The maximum atomic E-state index is 9.95. The van der Waals surface area contributed by atoms with E-state index in [4.69, 9.17) is 10.8 Å². The van der Waals surface area contributed by atoms with Crippen LogP contribution in [0.3, 0.4) is 0 Å². The number of carbonyl (C=O) groups is 1. The van der Waals surface area contributed by atoms with Crippen LogP contribution < -0.4 is 11.1 Å². The summed E-state index contributed by atoms with van der Waals surface area (Å²) < 4.78 is 0. The summed E-state index contributed by atoms with van der Waals surface area (Å²) in [5.74, 6) is -0.801. The number of nitrogens with one attached hydrogen (secondary N) is 1. The van der Waals surface area contributed by atoms with Crippen molar-refractivity contribution in [2.45, 2.75) is 12.8 Å². The summed E-state index contributed by atoms with van der Waals surface area (Å²) in [6.45, 7) is 0.529. The maximum absolute atomic E-state index is 9.95. The van der Waals surface area contributed by atoms with Gasteiger partial charge in [-0.15, -0.1) is 0 Å². The summed E-state index contributed by atoms with van der Waals surface area (Å²) in [5, 5.41) is 11.0. The molecule has 0 saturated carbocycles. The van der Waals surface area contributed by atoms with Crippen LogP contribution in [0.2, 0.25) is 0 Å². The highest BCUT2D eigenvalue weighted by molar-refractivity contribution is 7.80. The third-order valence-electron chi connectivity index (χ3n) is 0.867. The minimum atomic E-state index is -0.801. The normalized spacial score (nSPS) is 8.80. The molecule has 0 spiro atoms. The smallest absolute Gasteiger partial charge is 0.303 e. The molecule has 0 aromatic rings. The number of thiocarbonyl (C=S) groups is 1. The second-order valence-electron chi connectivity index (χ2n) is 1.79. The van der Waals surface area contributed by atoms with Crippen molar-refractivity contribution in [3.63, 3.8) is 0 Å². The van der Waals surface area contributed by atoms with Crippen LogP contribution >= 0.6 is 12.2 Å². The first-order valence-electron chi connectivity index (χ1n) is 2.88. The van der Waals surface area contributed by atoms with Crippen LogP contribution in [-0.4, -0.2) is 22.7 Å². The van der Waals surface area contributed by atoms with E-state index in [1.54, 1.807) is 0 Å². The predicted octanol–water partition coefficient (Wildman–Crippen LogP) is -0.316. The Morgan fingerprint density at radius 2 is 2.30 bits per heavy atom. The van der Waals surface area contributed by atoms with Crippen molar-refractivity contribution in [3.8, 4) is 0 Å². The van der Waals surface area contributed by atoms with E-state index in [9.17, 15) is 4.79 Å². The van der Waals surface area contributed by atoms with Crippen molar-refractivity contribution in [2.24, 2.45) is 5.73 Å². The van der Waals surface area contributed by atoms with Crippen molar-refractivity contribution >= 4 is 23.3 Å². The third-order valence-corrected chi connectivity index (χ3v) is 1.01. The highest BCUT2D eigenvalue weighted by Crippen LogP contribution is 1.84. The molecular formula is C5H10N2O2S. The van der Waals surface area contributed by atoms with E-state index in [2.05, 4.69) is 17.5 Å². The number of carboxylic acid groups (broad SMARTS) is 1. The van der Waals surface area contributed by atoms with E-state index < -0.39 is 5.97 Å². The Morgan fingerprint density at radius 1 is 1.70 bits per heavy atom. The fraction of sp³-hybridized carbons (Fsp3) is 0.600. The number of hydrogen-bond acceptors (Lipinski definition) is 2. The summed E-state index contributed by atoms with van der Waals surface area (Å²) in [6.07, 6.45) is 0.697. The summed E-state index contributed by atoms with van der Waals surface area (Å²) >= 11 is 4.49. The molecule has 0 aliphatic heterocycles. The molecule has 0 aliphatic rings. The number of rotatable bonds is 4. The number of aliphatic carboxylic acids is 1. The van der Waals surface area contributed by atoms with Gasteiger partial charge in [-0.25, -0.2) is 0 Å². The Bertz CT molecular complexity index is 122. The highest BCUT2D eigenvalue weighted by atomic mass is 32.1. The molecular weight excluding hydrogens is 152 g/mol. The topological polar surface area (TPSA) is 75.3 Å². The standard InChI is InChI=1S/C5H10N2O2S/c6-5(10)7-3-1-2-4(8)9/h1-3H2,(H,8,9)(H3,6,7,10). The van der Waals surface area contributed by atoms with Gasteiger partial charge in [0, 0.05) is 13.0 Å². The van der Waals surface area contributed by atoms with Crippen LogP contribution in [0.4, 0.5) is 0 Å². The molecule has 0 amide bonds. The molecule has 0 radical (unpaired) electrons. The van der Waals surface area contributed by atoms with Gasteiger partial charge in [0.2, 0.25) is 0 Å². The summed E-state index contributed by atoms with van der Waals surface area (Å²) in [6, 6.07) is 0. The fourth-order valence-corrected chi connectivity index (χ4v) is 0.553. The zero-order chi connectivity index (χ0) is 7.98. The Balaban J connectivity index is 3.06. The lowest BCUT2D eigenvalue weighted by molar-refractivity contribution is -0.137. The first-order valence-corrected chi connectivity index (χ1v) is 3.29. The van der Waals surface area contributed by atoms with E-state index in [0.29, 0.717) is 13.0 Å². The average Bonchev–Trinajstić information content (AvgIpc) is 1.79. The van der Waals surface area contributed by atoms with Gasteiger partial charge in [-0.2, -0.15) is 0 Å². The van der Waals surface area contributed by atoms with Gasteiger partial charge in [0.25, 0.3) is 0 Å². The lowest BCUT2D eigenvalue weighted by Gasteiger charge is -1.99. The first kappa shape index (κ1) is 9.16.